The van der Waals surface area contributed by atoms with Gasteiger partial charge >= 0.3 is 5.97 Å². The number of rotatable bonds is 9. The van der Waals surface area contributed by atoms with E-state index in [0.717, 1.165) is 11.1 Å². The van der Waals surface area contributed by atoms with Crippen LogP contribution in [0.2, 0.25) is 0 Å². The molecule has 1 aromatic heterocycles. The molecule has 5 rings (SSSR count). The molecule has 0 amide bonds. The monoisotopic (exact) mass is 582 g/mol. The zero-order valence-electron chi connectivity index (χ0n) is 23.9. The van der Waals surface area contributed by atoms with Crippen molar-refractivity contribution in [3.8, 4) is 0 Å². The number of hydrogen-bond donors (Lipinski definition) is 0. The third-order valence-electron chi connectivity index (χ3n) is 7.70. The van der Waals surface area contributed by atoms with Crippen LogP contribution in [0.5, 0.6) is 0 Å². The minimum atomic E-state index is -3.80. The molecule has 2 atom stereocenters. The Morgan fingerprint density at radius 1 is 0.786 bits per heavy atom. The van der Waals surface area contributed by atoms with E-state index in [1.807, 2.05) is 87.5 Å². The Kier molecular flexibility index (Phi) is 8.10. The number of hydrogen-bond acceptors (Lipinski definition) is 7. The van der Waals surface area contributed by atoms with Gasteiger partial charge in [0.05, 0.1) is 5.75 Å². The predicted molar refractivity (Wildman–Crippen MR) is 159 cm³/mol. The van der Waals surface area contributed by atoms with Gasteiger partial charge in [0.15, 0.2) is 11.4 Å². The van der Waals surface area contributed by atoms with Gasteiger partial charge in [-0.05, 0) is 33.7 Å². The van der Waals surface area contributed by atoms with E-state index < -0.39 is 38.7 Å². The molecule has 3 aromatic carbocycles. The summed E-state index contributed by atoms with van der Waals surface area (Å²) in [6, 6.07) is 27.8. The van der Waals surface area contributed by atoms with Crippen LogP contribution in [0.15, 0.2) is 109 Å². The van der Waals surface area contributed by atoms with Gasteiger partial charge in [0.25, 0.3) is 0 Å². The molecule has 2 heterocycles. The molecule has 0 aliphatic carbocycles. The lowest BCUT2D eigenvalue weighted by atomic mass is 9.66. The van der Waals surface area contributed by atoms with Gasteiger partial charge in [-0.2, -0.15) is 0 Å². The van der Waals surface area contributed by atoms with Crippen molar-refractivity contribution in [2.75, 3.05) is 0 Å². The number of aromatic nitrogens is 2. The molecule has 1 aliphatic heterocycles. The van der Waals surface area contributed by atoms with Crippen LogP contribution in [0.3, 0.4) is 0 Å². The average Bonchev–Trinajstić information content (AvgIpc) is 3.18. The van der Waals surface area contributed by atoms with E-state index in [-0.39, 0.29) is 29.5 Å². The normalized spacial score (nSPS) is 17.5. The van der Waals surface area contributed by atoms with Crippen molar-refractivity contribution in [2.45, 2.75) is 56.0 Å². The van der Waals surface area contributed by atoms with Crippen molar-refractivity contribution in [2.24, 2.45) is 11.3 Å². The van der Waals surface area contributed by atoms with Crippen molar-refractivity contribution in [3.63, 3.8) is 0 Å². The van der Waals surface area contributed by atoms with Crippen molar-refractivity contribution in [3.05, 3.63) is 126 Å². The highest BCUT2D eigenvalue weighted by Crippen LogP contribution is 2.48. The van der Waals surface area contributed by atoms with E-state index >= 15 is 0 Å². The molecule has 0 spiro atoms. The van der Waals surface area contributed by atoms with E-state index in [0.29, 0.717) is 11.1 Å². The van der Waals surface area contributed by atoms with Gasteiger partial charge in [-0.15, -0.1) is 0 Å². The number of sulfone groups is 1. The maximum Gasteiger partial charge on any atom is 0.318 e. The second-order valence-corrected chi connectivity index (χ2v) is 13.8. The number of carbonyl (C=O) groups excluding carboxylic acids is 2. The standard InChI is InChI=1S/C34H34N2O5S/c1-33(2,3)29(27-17-10-16-26(20-27)23-42(39,40)32-35-18-11-19-36-32)28-30(37)34(41-31(28)38,21-24-12-6-4-7-13-24)22-25-14-8-5-9-15-25/h4-20,28-29H,21-23H2,1-3H3. The molecule has 1 saturated heterocycles. The van der Waals surface area contributed by atoms with Gasteiger partial charge in [0, 0.05) is 31.2 Å². The maximum absolute atomic E-state index is 14.5. The van der Waals surface area contributed by atoms with Gasteiger partial charge < -0.3 is 4.74 Å². The molecule has 1 aliphatic rings. The van der Waals surface area contributed by atoms with Crippen LogP contribution in [0, 0.1) is 11.3 Å². The highest BCUT2D eigenvalue weighted by atomic mass is 32.2. The molecule has 2 unspecified atom stereocenters. The molecule has 1 fully saturated rings. The SMILES string of the molecule is CC(C)(C)C(c1cccc(CS(=O)(=O)c2ncccn2)c1)C1C(=O)OC(Cc2ccccc2)(Cc2ccccc2)C1=O. The topological polar surface area (TPSA) is 103 Å². The highest BCUT2D eigenvalue weighted by molar-refractivity contribution is 7.90. The second-order valence-electron chi connectivity index (χ2n) is 12.0. The third kappa shape index (κ3) is 6.19. The lowest BCUT2D eigenvalue weighted by molar-refractivity contribution is -0.153. The Hall–Kier alpha value is -4.17. The van der Waals surface area contributed by atoms with E-state index in [2.05, 4.69) is 9.97 Å². The first-order chi connectivity index (χ1) is 20.0. The van der Waals surface area contributed by atoms with Crippen molar-refractivity contribution < 1.29 is 22.7 Å². The fraction of sp³-hybridized carbons (Fsp3) is 0.294. The Morgan fingerprint density at radius 2 is 1.33 bits per heavy atom. The predicted octanol–water partition coefficient (Wildman–Crippen LogP) is 5.55. The zero-order valence-corrected chi connectivity index (χ0v) is 24.8. The molecule has 4 aromatic rings. The molecule has 0 bridgehead atoms. The van der Waals surface area contributed by atoms with Gasteiger partial charge in [0.1, 0.15) is 5.92 Å². The molecular weight excluding hydrogens is 548 g/mol. The first-order valence-electron chi connectivity index (χ1n) is 13.9. The van der Waals surface area contributed by atoms with Crippen LogP contribution >= 0.6 is 0 Å². The number of ether oxygens (including phenoxy) is 1. The summed E-state index contributed by atoms with van der Waals surface area (Å²) in [6.07, 6.45) is 3.30. The van der Waals surface area contributed by atoms with Crippen molar-refractivity contribution in [1.29, 1.82) is 0 Å². The highest BCUT2D eigenvalue weighted by Gasteiger charge is 2.59. The zero-order chi connectivity index (χ0) is 30.0. The van der Waals surface area contributed by atoms with Gasteiger partial charge in [-0.1, -0.05) is 106 Å². The van der Waals surface area contributed by atoms with Crippen LogP contribution in [0.25, 0.3) is 0 Å². The molecule has 8 heteroatoms. The fourth-order valence-corrected chi connectivity index (χ4v) is 7.13. The quantitative estimate of drug-likeness (QED) is 0.145. The van der Waals surface area contributed by atoms with Crippen LogP contribution in [-0.4, -0.2) is 35.7 Å². The van der Waals surface area contributed by atoms with Gasteiger partial charge in [-0.3, -0.25) is 9.59 Å². The van der Waals surface area contributed by atoms with Crippen LogP contribution in [0.1, 0.15) is 48.9 Å². The minimum Gasteiger partial charge on any atom is -0.450 e. The molecule has 42 heavy (non-hydrogen) atoms. The van der Waals surface area contributed by atoms with Gasteiger partial charge in [0.2, 0.25) is 15.0 Å². The number of carbonyl (C=O) groups is 2. The number of ketones is 1. The number of benzene rings is 3. The number of cyclic esters (lactones) is 1. The Bertz CT molecular complexity index is 1630. The summed E-state index contributed by atoms with van der Waals surface area (Å²) in [5, 5.41) is -0.246. The smallest absolute Gasteiger partial charge is 0.318 e. The van der Waals surface area contributed by atoms with Crippen LogP contribution < -0.4 is 0 Å². The third-order valence-corrected chi connectivity index (χ3v) is 9.18. The first-order valence-corrected chi connectivity index (χ1v) is 15.6. The van der Waals surface area contributed by atoms with E-state index in [4.69, 9.17) is 4.74 Å². The summed E-state index contributed by atoms with van der Waals surface area (Å²) in [7, 11) is -3.80. The summed E-state index contributed by atoms with van der Waals surface area (Å²) >= 11 is 0. The van der Waals surface area contributed by atoms with E-state index in [9.17, 15) is 18.0 Å². The molecule has 0 saturated carbocycles. The summed E-state index contributed by atoms with van der Waals surface area (Å²) in [5.41, 5.74) is 1.13. The number of esters is 1. The summed E-state index contributed by atoms with van der Waals surface area (Å²) in [6.45, 7) is 5.94. The lowest BCUT2D eigenvalue weighted by Gasteiger charge is -2.34. The molecule has 0 radical (unpaired) electrons. The van der Waals surface area contributed by atoms with Gasteiger partial charge in [-0.25, -0.2) is 18.4 Å². The summed E-state index contributed by atoms with van der Waals surface area (Å²) in [4.78, 5) is 36.1. The molecule has 7 nitrogen and oxygen atoms in total. The molecular formula is C34H34N2O5S. The minimum absolute atomic E-state index is 0.246. The average molecular weight is 583 g/mol. The van der Waals surface area contributed by atoms with Crippen molar-refractivity contribution in [1.82, 2.24) is 9.97 Å². The fourth-order valence-electron chi connectivity index (χ4n) is 5.94. The van der Waals surface area contributed by atoms with E-state index in [1.165, 1.54) is 12.4 Å². The number of nitrogens with zero attached hydrogens (tertiary/aromatic N) is 2. The largest absolute Gasteiger partial charge is 0.450 e. The first kappa shape index (κ1) is 29.3. The second kappa shape index (κ2) is 11.6. The van der Waals surface area contributed by atoms with Crippen LogP contribution in [0.4, 0.5) is 0 Å². The van der Waals surface area contributed by atoms with Crippen LogP contribution in [-0.2, 0) is 42.8 Å². The van der Waals surface area contributed by atoms with E-state index in [1.54, 1.807) is 24.3 Å². The lowest BCUT2D eigenvalue weighted by Crippen LogP contribution is -2.44. The summed E-state index contributed by atoms with van der Waals surface area (Å²) in [5.74, 6) is -2.72. The number of Topliss-reactive ketones (excluding diaryl/α,β-unsaturated/α-hetero) is 1. The Labute approximate surface area is 246 Å². The Morgan fingerprint density at radius 3 is 1.88 bits per heavy atom. The molecule has 216 valence electrons. The Balaban J connectivity index is 1.53. The summed E-state index contributed by atoms with van der Waals surface area (Å²) < 4.78 is 32.2. The maximum atomic E-state index is 14.5. The van der Waals surface area contributed by atoms with Crippen molar-refractivity contribution >= 4 is 21.6 Å². The molecule has 0 N–H and O–H groups in total.